The summed E-state index contributed by atoms with van der Waals surface area (Å²) in [6.07, 6.45) is 7.67. The minimum Gasteiger partial charge on any atom is -0.395 e. The van der Waals surface area contributed by atoms with Gasteiger partial charge in [-0.3, -0.25) is 0 Å². The van der Waals surface area contributed by atoms with Gasteiger partial charge in [-0.25, -0.2) is 0 Å². The smallest absolute Gasteiger partial charge is 0.0584 e. The van der Waals surface area contributed by atoms with Crippen molar-refractivity contribution in [2.45, 2.75) is 65.3 Å². The van der Waals surface area contributed by atoms with Crippen LogP contribution in [-0.4, -0.2) is 24.3 Å². The number of hydrogen-bond donors (Lipinski definition) is 2. The van der Waals surface area contributed by atoms with Gasteiger partial charge in [0.15, 0.2) is 0 Å². The third-order valence-corrected chi connectivity index (χ3v) is 2.69. The summed E-state index contributed by atoms with van der Waals surface area (Å²) in [5, 5.41) is 12.6. The molecular formula is C13H30ClNO. The predicted octanol–water partition coefficient (Wildman–Crippen LogP) is 3.38. The van der Waals surface area contributed by atoms with Gasteiger partial charge in [-0.1, -0.05) is 52.9 Å². The predicted molar refractivity (Wildman–Crippen MR) is 74.3 cm³/mol. The molecule has 0 bridgehead atoms. The molecule has 0 fully saturated rings. The average molecular weight is 252 g/mol. The Hall–Kier alpha value is 0.210. The lowest BCUT2D eigenvalue weighted by Crippen LogP contribution is -2.34. The van der Waals surface area contributed by atoms with E-state index < -0.39 is 0 Å². The maximum absolute atomic E-state index is 9.18. The molecule has 0 aromatic carbocycles. The first-order valence-corrected chi connectivity index (χ1v) is 6.55. The summed E-state index contributed by atoms with van der Waals surface area (Å²) >= 11 is 0. The van der Waals surface area contributed by atoms with Gasteiger partial charge in [-0.15, -0.1) is 12.4 Å². The fraction of sp³-hybridized carbons (Fsp3) is 1.00. The van der Waals surface area contributed by atoms with Crippen molar-refractivity contribution >= 4 is 12.4 Å². The van der Waals surface area contributed by atoms with Crippen molar-refractivity contribution in [3.05, 3.63) is 0 Å². The molecule has 0 amide bonds. The molecule has 0 spiro atoms. The van der Waals surface area contributed by atoms with Crippen LogP contribution in [0.15, 0.2) is 0 Å². The number of unbranched alkanes of at least 4 members (excludes halogenated alkanes) is 4. The maximum Gasteiger partial charge on any atom is 0.0584 e. The maximum atomic E-state index is 9.18. The van der Waals surface area contributed by atoms with Crippen molar-refractivity contribution in [1.82, 2.24) is 5.32 Å². The van der Waals surface area contributed by atoms with Crippen LogP contribution in [0.2, 0.25) is 0 Å². The second kappa shape index (κ2) is 13.3. The minimum absolute atomic E-state index is 0. The third-order valence-electron chi connectivity index (χ3n) is 2.69. The van der Waals surface area contributed by atoms with E-state index in [1.54, 1.807) is 0 Å². The Morgan fingerprint density at radius 2 is 1.69 bits per heavy atom. The standard InChI is InChI=1S/C13H29NO.ClH/c1-4-5-6-7-8-9-13(11-15)14-10-12(2)3;/h12-15H,4-11H2,1-3H3;1H. The number of aliphatic hydroxyl groups excluding tert-OH is 1. The van der Waals surface area contributed by atoms with Crippen molar-refractivity contribution in [3.63, 3.8) is 0 Å². The van der Waals surface area contributed by atoms with Gasteiger partial charge in [-0.2, -0.15) is 0 Å². The highest BCUT2D eigenvalue weighted by Gasteiger charge is 2.06. The van der Waals surface area contributed by atoms with Gasteiger partial charge >= 0.3 is 0 Å². The highest BCUT2D eigenvalue weighted by atomic mass is 35.5. The number of halogens is 1. The summed E-state index contributed by atoms with van der Waals surface area (Å²) in [4.78, 5) is 0. The summed E-state index contributed by atoms with van der Waals surface area (Å²) in [5.41, 5.74) is 0. The van der Waals surface area contributed by atoms with E-state index in [1.165, 1.54) is 32.1 Å². The van der Waals surface area contributed by atoms with Crippen LogP contribution in [0, 0.1) is 5.92 Å². The number of nitrogens with one attached hydrogen (secondary N) is 1. The van der Waals surface area contributed by atoms with Crippen molar-refractivity contribution < 1.29 is 5.11 Å². The molecule has 2 N–H and O–H groups in total. The van der Waals surface area contributed by atoms with Crippen molar-refractivity contribution in [2.75, 3.05) is 13.2 Å². The second-order valence-corrected chi connectivity index (χ2v) is 4.88. The fourth-order valence-electron chi connectivity index (χ4n) is 1.65. The van der Waals surface area contributed by atoms with Crippen molar-refractivity contribution in [2.24, 2.45) is 5.92 Å². The third kappa shape index (κ3) is 12.3. The van der Waals surface area contributed by atoms with Crippen LogP contribution in [0.25, 0.3) is 0 Å². The normalized spacial score (nSPS) is 12.6. The van der Waals surface area contributed by atoms with Gasteiger partial charge < -0.3 is 10.4 Å². The first-order chi connectivity index (χ1) is 7.20. The highest BCUT2D eigenvalue weighted by Crippen LogP contribution is 2.07. The van der Waals surface area contributed by atoms with Crippen LogP contribution in [-0.2, 0) is 0 Å². The van der Waals surface area contributed by atoms with Gasteiger partial charge in [0, 0.05) is 6.04 Å². The van der Waals surface area contributed by atoms with Gasteiger partial charge in [0.25, 0.3) is 0 Å². The van der Waals surface area contributed by atoms with E-state index in [2.05, 4.69) is 26.1 Å². The average Bonchev–Trinajstić information content (AvgIpc) is 2.22. The highest BCUT2D eigenvalue weighted by molar-refractivity contribution is 5.85. The van der Waals surface area contributed by atoms with E-state index in [0.29, 0.717) is 12.0 Å². The Morgan fingerprint density at radius 3 is 2.19 bits per heavy atom. The number of aliphatic hydroxyl groups is 1. The lowest BCUT2D eigenvalue weighted by Gasteiger charge is -2.17. The molecule has 0 aliphatic carbocycles. The number of hydrogen-bond acceptors (Lipinski definition) is 2. The summed E-state index contributed by atoms with van der Waals surface area (Å²) in [6.45, 7) is 7.92. The largest absolute Gasteiger partial charge is 0.395 e. The summed E-state index contributed by atoms with van der Waals surface area (Å²) in [7, 11) is 0. The van der Waals surface area contributed by atoms with Crippen LogP contribution in [0.1, 0.15) is 59.3 Å². The van der Waals surface area contributed by atoms with E-state index in [0.717, 1.165) is 13.0 Å². The van der Waals surface area contributed by atoms with Crippen molar-refractivity contribution in [3.8, 4) is 0 Å². The molecule has 0 aromatic heterocycles. The lowest BCUT2D eigenvalue weighted by molar-refractivity contribution is 0.229. The molecule has 0 radical (unpaired) electrons. The van der Waals surface area contributed by atoms with E-state index in [-0.39, 0.29) is 19.0 Å². The first-order valence-electron chi connectivity index (χ1n) is 6.55. The van der Waals surface area contributed by atoms with Crippen LogP contribution < -0.4 is 5.32 Å². The van der Waals surface area contributed by atoms with Crippen molar-refractivity contribution in [1.29, 1.82) is 0 Å². The molecule has 0 aromatic rings. The summed E-state index contributed by atoms with van der Waals surface area (Å²) in [5.74, 6) is 0.666. The molecule has 1 unspecified atom stereocenters. The van der Waals surface area contributed by atoms with E-state index >= 15 is 0 Å². The van der Waals surface area contributed by atoms with Gasteiger partial charge in [-0.05, 0) is 18.9 Å². The Bertz CT molecular complexity index is 131. The van der Waals surface area contributed by atoms with Crippen LogP contribution in [0.5, 0.6) is 0 Å². The molecular weight excluding hydrogens is 222 g/mol. The molecule has 100 valence electrons. The van der Waals surface area contributed by atoms with Crippen LogP contribution in [0.4, 0.5) is 0 Å². The molecule has 16 heavy (non-hydrogen) atoms. The topological polar surface area (TPSA) is 32.3 Å². The Kier molecular flexibility index (Phi) is 15.4. The zero-order chi connectivity index (χ0) is 11.5. The molecule has 2 nitrogen and oxygen atoms in total. The molecule has 0 aliphatic heterocycles. The zero-order valence-electron chi connectivity index (χ0n) is 11.2. The summed E-state index contributed by atoms with van der Waals surface area (Å²) < 4.78 is 0. The van der Waals surface area contributed by atoms with Gasteiger partial charge in [0.2, 0.25) is 0 Å². The quantitative estimate of drug-likeness (QED) is 0.584. The van der Waals surface area contributed by atoms with Crippen LogP contribution in [0.3, 0.4) is 0 Å². The molecule has 0 rings (SSSR count). The molecule has 0 saturated carbocycles. The molecule has 1 atom stereocenters. The Labute approximate surface area is 108 Å². The van der Waals surface area contributed by atoms with E-state index in [9.17, 15) is 5.11 Å². The zero-order valence-corrected chi connectivity index (χ0v) is 12.0. The SMILES string of the molecule is CCCCCCCC(CO)NCC(C)C.Cl. The molecule has 3 heteroatoms. The van der Waals surface area contributed by atoms with E-state index in [1.807, 2.05) is 0 Å². The summed E-state index contributed by atoms with van der Waals surface area (Å²) in [6, 6.07) is 0.314. The second-order valence-electron chi connectivity index (χ2n) is 4.88. The number of rotatable bonds is 10. The molecule has 0 saturated heterocycles. The van der Waals surface area contributed by atoms with Gasteiger partial charge in [0.05, 0.1) is 6.61 Å². The minimum atomic E-state index is 0. The molecule has 0 aliphatic rings. The van der Waals surface area contributed by atoms with Crippen LogP contribution >= 0.6 is 12.4 Å². The lowest BCUT2D eigenvalue weighted by atomic mass is 10.1. The Balaban J connectivity index is 0. The van der Waals surface area contributed by atoms with Gasteiger partial charge in [0.1, 0.15) is 0 Å². The molecule has 0 heterocycles. The van der Waals surface area contributed by atoms with E-state index in [4.69, 9.17) is 0 Å². The first kappa shape index (κ1) is 18.6. The fourth-order valence-corrected chi connectivity index (χ4v) is 1.65. The Morgan fingerprint density at radius 1 is 1.06 bits per heavy atom. The monoisotopic (exact) mass is 251 g/mol.